The molecule has 0 fully saturated rings. The Labute approximate surface area is 122 Å². The minimum Gasteiger partial charge on any atom is -0.356 e. The van der Waals surface area contributed by atoms with Gasteiger partial charge in [0, 0.05) is 32.2 Å². The van der Waals surface area contributed by atoms with Crippen LogP contribution in [0, 0.1) is 0 Å². The lowest BCUT2D eigenvalue weighted by Crippen LogP contribution is -2.40. The Kier molecular flexibility index (Phi) is 5.41. The lowest BCUT2D eigenvalue weighted by molar-refractivity contribution is 0.265. The van der Waals surface area contributed by atoms with Gasteiger partial charge >= 0.3 is 0 Å². The molecule has 0 spiro atoms. The molecule has 1 heterocycles. The van der Waals surface area contributed by atoms with Crippen molar-refractivity contribution in [1.29, 1.82) is 0 Å². The predicted molar refractivity (Wildman–Crippen MR) is 84.8 cm³/mol. The van der Waals surface area contributed by atoms with Crippen LogP contribution in [-0.4, -0.2) is 37.0 Å². The molecule has 1 aromatic carbocycles. The maximum absolute atomic E-state index is 4.45. The molecule has 2 N–H and O–H groups in total. The standard InChI is InChI=1S/C16H26N4/c1-13(2)20(3)12-15-8-5-4-7-14(15)11-19-16-17-9-6-10-18-16/h4-5,7-8,13H,6,9-12H2,1-3H3,(H2,17,18,19). The van der Waals surface area contributed by atoms with E-state index in [-0.39, 0.29) is 0 Å². The topological polar surface area (TPSA) is 39.7 Å². The molecule has 0 radical (unpaired) electrons. The van der Waals surface area contributed by atoms with E-state index in [0.717, 1.165) is 38.6 Å². The fourth-order valence-corrected chi connectivity index (χ4v) is 2.17. The Bertz CT molecular complexity index is 454. The first-order chi connectivity index (χ1) is 9.66. The Balaban J connectivity index is 1.98. The summed E-state index contributed by atoms with van der Waals surface area (Å²) in [4.78, 5) is 6.80. The van der Waals surface area contributed by atoms with Crippen LogP contribution in [0.4, 0.5) is 0 Å². The number of rotatable bonds is 5. The van der Waals surface area contributed by atoms with Gasteiger partial charge < -0.3 is 10.6 Å². The molecular formula is C16H26N4. The highest BCUT2D eigenvalue weighted by molar-refractivity contribution is 5.80. The van der Waals surface area contributed by atoms with Crippen molar-refractivity contribution in [3.8, 4) is 0 Å². The van der Waals surface area contributed by atoms with Crippen LogP contribution in [-0.2, 0) is 13.1 Å². The van der Waals surface area contributed by atoms with Crippen molar-refractivity contribution in [3.63, 3.8) is 0 Å². The average Bonchev–Trinajstić information content (AvgIpc) is 2.47. The minimum atomic E-state index is 0.556. The molecule has 110 valence electrons. The Morgan fingerprint density at radius 1 is 1.30 bits per heavy atom. The summed E-state index contributed by atoms with van der Waals surface area (Å²) in [6.07, 6.45) is 1.13. The van der Waals surface area contributed by atoms with Gasteiger partial charge in [-0.25, -0.2) is 0 Å². The van der Waals surface area contributed by atoms with Gasteiger partial charge in [-0.05, 0) is 38.4 Å². The normalized spacial score (nSPS) is 15.2. The highest BCUT2D eigenvalue weighted by atomic mass is 15.2. The van der Waals surface area contributed by atoms with Gasteiger partial charge in [-0.1, -0.05) is 24.3 Å². The van der Waals surface area contributed by atoms with E-state index in [1.165, 1.54) is 11.1 Å². The van der Waals surface area contributed by atoms with Gasteiger partial charge in [0.05, 0.1) is 0 Å². The summed E-state index contributed by atoms with van der Waals surface area (Å²) >= 11 is 0. The smallest absolute Gasteiger partial charge is 0.191 e. The fraction of sp³-hybridized carbons (Fsp3) is 0.562. The van der Waals surface area contributed by atoms with Crippen LogP contribution in [0.2, 0.25) is 0 Å². The summed E-state index contributed by atoms with van der Waals surface area (Å²) in [5.74, 6) is 0.934. The average molecular weight is 274 g/mol. The lowest BCUT2D eigenvalue weighted by atomic mass is 10.1. The summed E-state index contributed by atoms with van der Waals surface area (Å²) < 4.78 is 0. The SMILES string of the molecule is CC(C)N(C)Cc1ccccc1CNC1=NCCCN1. The van der Waals surface area contributed by atoms with Crippen LogP contribution < -0.4 is 10.6 Å². The molecule has 0 aliphatic carbocycles. The van der Waals surface area contributed by atoms with Crippen molar-refractivity contribution in [1.82, 2.24) is 15.5 Å². The molecule has 20 heavy (non-hydrogen) atoms. The molecule has 4 heteroatoms. The van der Waals surface area contributed by atoms with Crippen LogP contribution in [0.15, 0.2) is 29.3 Å². The first-order valence-electron chi connectivity index (χ1n) is 7.46. The molecular weight excluding hydrogens is 248 g/mol. The molecule has 0 saturated carbocycles. The van der Waals surface area contributed by atoms with Gasteiger partial charge in [0.15, 0.2) is 5.96 Å². The quantitative estimate of drug-likeness (QED) is 0.862. The number of nitrogens with zero attached hydrogens (tertiary/aromatic N) is 2. The lowest BCUT2D eigenvalue weighted by Gasteiger charge is -2.23. The molecule has 1 aliphatic heterocycles. The van der Waals surface area contributed by atoms with E-state index in [1.54, 1.807) is 0 Å². The molecule has 1 aliphatic rings. The van der Waals surface area contributed by atoms with Crippen LogP contribution in [0.3, 0.4) is 0 Å². The minimum absolute atomic E-state index is 0.556. The Morgan fingerprint density at radius 3 is 2.70 bits per heavy atom. The number of nitrogens with one attached hydrogen (secondary N) is 2. The van der Waals surface area contributed by atoms with Crippen LogP contribution in [0.5, 0.6) is 0 Å². The Hall–Kier alpha value is -1.55. The highest BCUT2D eigenvalue weighted by Crippen LogP contribution is 2.12. The maximum atomic E-state index is 4.45. The number of hydrogen-bond donors (Lipinski definition) is 2. The zero-order chi connectivity index (χ0) is 14.4. The third kappa shape index (κ3) is 4.23. The van der Waals surface area contributed by atoms with Gasteiger partial charge in [-0.15, -0.1) is 0 Å². The van der Waals surface area contributed by atoms with Gasteiger partial charge in [0.1, 0.15) is 0 Å². The van der Waals surface area contributed by atoms with E-state index >= 15 is 0 Å². The first-order valence-corrected chi connectivity index (χ1v) is 7.46. The second kappa shape index (κ2) is 7.29. The maximum Gasteiger partial charge on any atom is 0.191 e. The summed E-state index contributed by atoms with van der Waals surface area (Å²) in [5.41, 5.74) is 2.72. The molecule has 2 rings (SSSR count). The predicted octanol–water partition coefficient (Wildman–Crippen LogP) is 1.97. The van der Waals surface area contributed by atoms with Crippen molar-refractivity contribution in [2.24, 2.45) is 4.99 Å². The van der Waals surface area contributed by atoms with Crippen LogP contribution in [0.25, 0.3) is 0 Å². The third-order valence-electron chi connectivity index (χ3n) is 3.76. The van der Waals surface area contributed by atoms with E-state index in [2.05, 4.69) is 65.7 Å². The van der Waals surface area contributed by atoms with Crippen molar-refractivity contribution in [3.05, 3.63) is 35.4 Å². The monoisotopic (exact) mass is 274 g/mol. The highest BCUT2D eigenvalue weighted by Gasteiger charge is 2.09. The van der Waals surface area contributed by atoms with Gasteiger partial charge in [0.25, 0.3) is 0 Å². The number of hydrogen-bond acceptors (Lipinski definition) is 4. The van der Waals surface area contributed by atoms with Crippen LogP contribution >= 0.6 is 0 Å². The van der Waals surface area contributed by atoms with Crippen molar-refractivity contribution >= 4 is 5.96 Å². The second-order valence-corrected chi connectivity index (χ2v) is 5.64. The third-order valence-corrected chi connectivity index (χ3v) is 3.76. The summed E-state index contributed by atoms with van der Waals surface area (Å²) in [6.45, 7) is 8.20. The zero-order valence-electron chi connectivity index (χ0n) is 12.8. The molecule has 0 unspecified atom stereocenters. The zero-order valence-corrected chi connectivity index (χ0v) is 12.8. The van der Waals surface area contributed by atoms with Gasteiger partial charge in [-0.3, -0.25) is 9.89 Å². The van der Waals surface area contributed by atoms with Crippen molar-refractivity contribution < 1.29 is 0 Å². The molecule has 0 bridgehead atoms. The van der Waals surface area contributed by atoms with Gasteiger partial charge in [0.2, 0.25) is 0 Å². The number of aliphatic imine (C=N–C) groups is 1. The summed E-state index contributed by atoms with van der Waals surface area (Å²) in [6, 6.07) is 9.18. The molecule has 0 atom stereocenters. The van der Waals surface area contributed by atoms with E-state index in [1.807, 2.05) is 0 Å². The van der Waals surface area contributed by atoms with E-state index in [4.69, 9.17) is 0 Å². The first kappa shape index (κ1) is 14.9. The molecule has 0 amide bonds. The van der Waals surface area contributed by atoms with Crippen LogP contribution in [0.1, 0.15) is 31.4 Å². The molecule has 4 nitrogen and oxygen atoms in total. The van der Waals surface area contributed by atoms with Gasteiger partial charge in [-0.2, -0.15) is 0 Å². The number of benzene rings is 1. The summed E-state index contributed by atoms with van der Waals surface area (Å²) in [5, 5.41) is 6.70. The van der Waals surface area contributed by atoms with Crippen molar-refractivity contribution in [2.75, 3.05) is 20.1 Å². The largest absolute Gasteiger partial charge is 0.356 e. The van der Waals surface area contributed by atoms with E-state index in [0.29, 0.717) is 6.04 Å². The van der Waals surface area contributed by atoms with E-state index in [9.17, 15) is 0 Å². The second-order valence-electron chi connectivity index (χ2n) is 5.64. The fourth-order valence-electron chi connectivity index (χ4n) is 2.17. The molecule has 1 aromatic rings. The molecule has 0 saturated heterocycles. The van der Waals surface area contributed by atoms with E-state index < -0.39 is 0 Å². The Morgan fingerprint density at radius 2 is 2.05 bits per heavy atom. The molecule has 0 aromatic heterocycles. The van der Waals surface area contributed by atoms with Crippen molar-refractivity contribution in [2.45, 2.75) is 39.4 Å². The number of guanidine groups is 1. The summed E-state index contributed by atoms with van der Waals surface area (Å²) in [7, 11) is 2.17.